The Balaban J connectivity index is 1.52. The topological polar surface area (TPSA) is 89.2 Å². The lowest BCUT2D eigenvalue weighted by Gasteiger charge is -2.11. The van der Waals surface area contributed by atoms with Gasteiger partial charge in [-0.25, -0.2) is 9.37 Å². The molecule has 150 valence electrons. The van der Waals surface area contributed by atoms with Crippen LogP contribution in [0.2, 0.25) is 0 Å². The standard InChI is InChI=1S/C22H17FN4O3/c1-14-18(7-10-30-14)22(29)26-20-12-16(5-6-19(20)23)25-21(28)15-3-2-4-17(11-15)27-9-8-24-13-27/h2-13H,1H3,(H,25,28)(H,26,29). The summed E-state index contributed by atoms with van der Waals surface area (Å²) in [5, 5.41) is 5.22. The van der Waals surface area contributed by atoms with Crippen LogP contribution in [0.4, 0.5) is 15.8 Å². The lowest BCUT2D eigenvalue weighted by Crippen LogP contribution is -2.15. The minimum atomic E-state index is -0.621. The number of nitrogens with zero attached hydrogens (tertiary/aromatic N) is 2. The van der Waals surface area contributed by atoms with Crippen molar-refractivity contribution in [1.82, 2.24) is 9.55 Å². The van der Waals surface area contributed by atoms with Gasteiger partial charge in [-0.1, -0.05) is 6.07 Å². The Labute approximate surface area is 171 Å². The first-order valence-electron chi connectivity index (χ1n) is 9.06. The summed E-state index contributed by atoms with van der Waals surface area (Å²) in [6.45, 7) is 1.64. The quantitative estimate of drug-likeness (QED) is 0.515. The second-order valence-electron chi connectivity index (χ2n) is 6.51. The SMILES string of the molecule is Cc1occc1C(=O)Nc1cc(NC(=O)c2cccc(-n3ccnc3)c2)ccc1F. The number of anilines is 2. The van der Waals surface area contributed by atoms with Gasteiger partial charge in [0.15, 0.2) is 0 Å². The number of furan rings is 1. The zero-order chi connectivity index (χ0) is 21.1. The Morgan fingerprint density at radius 1 is 1.07 bits per heavy atom. The Hall–Kier alpha value is -4.20. The van der Waals surface area contributed by atoms with Gasteiger partial charge in [0, 0.05) is 29.3 Å². The fraction of sp³-hybridized carbons (Fsp3) is 0.0455. The summed E-state index contributed by atoms with van der Waals surface area (Å²) in [6, 6.07) is 12.5. The Morgan fingerprint density at radius 3 is 2.67 bits per heavy atom. The number of rotatable bonds is 5. The Morgan fingerprint density at radius 2 is 1.93 bits per heavy atom. The van der Waals surface area contributed by atoms with Crippen LogP contribution in [0, 0.1) is 12.7 Å². The molecule has 0 aliphatic heterocycles. The van der Waals surface area contributed by atoms with Gasteiger partial charge in [-0.2, -0.15) is 0 Å². The molecule has 4 rings (SSSR count). The molecule has 0 bridgehead atoms. The number of carbonyl (C=O) groups excluding carboxylic acids is 2. The van der Waals surface area contributed by atoms with E-state index in [0.29, 0.717) is 22.6 Å². The summed E-state index contributed by atoms with van der Waals surface area (Å²) < 4.78 is 21.1. The van der Waals surface area contributed by atoms with Crippen LogP contribution in [0.3, 0.4) is 0 Å². The van der Waals surface area contributed by atoms with Crippen molar-refractivity contribution in [3.8, 4) is 5.69 Å². The fourth-order valence-electron chi connectivity index (χ4n) is 2.93. The molecule has 2 amide bonds. The van der Waals surface area contributed by atoms with E-state index >= 15 is 0 Å². The van der Waals surface area contributed by atoms with Gasteiger partial charge in [0.25, 0.3) is 11.8 Å². The third-order valence-electron chi connectivity index (χ3n) is 4.49. The smallest absolute Gasteiger partial charge is 0.259 e. The molecule has 2 aromatic carbocycles. The van der Waals surface area contributed by atoms with Crippen LogP contribution in [-0.2, 0) is 0 Å². The van der Waals surface area contributed by atoms with E-state index in [1.807, 2.05) is 6.07 Å². The molecule has 2 heterocycles. The zero-order valence-corrected chi connectivity index (χ0v) is 15.9. The lowest BCUT2D eigenvalue weighted by molar-refractivity contribution is 0.101. The van der Waals surface area contributed by atoms with Crippen molar-refractivity contribution >= 4 is 23.2 Å². The summed E-state index contributed by atoms with van der Waals surface area (Å²) in [5.41, 5.74) is 1.80. The van der Waals surface area contributed by atoms with E-state index in [-0.39, 0.29) is 11.6 Å². The highest BCUT2D eigenvalue weighted by molar-refractivity contribution is 6.07. The minimum Gasteiger partial charge on any atom is -0.469 e. The van der Waals surface area contributed by atoms with Crippen LogP contribution in [0.5, 0.6) is 0 Å². The number of aromatic nitrogens is 2. The van der Waals surface area contributed by atoms with Gasteiger partial charge >= 0.3 is 0 Å². The molecule has 2 aromatic heterocycles. The van der Waals surface area contributed by atoms with Crippen molar-refractivity contribution < 1.29 is 18.4 Å². The Kier molecular flexibility index (Phi) is 5.13. The summed E-state index contributed by atoms with van der Waals surface area (Å²) in [5.74, 6) is -1.07. The van der Waals surface area contributed by atoms with E-state index in [4.69, 9.17) is 4.42 Å². The maximum atomic E-state index is 14.2. The number of imidazole rings is 1. The first-order valence-corrected chi connectivity index (χ1v) is 9.06. The van der Waals surface area contributed by atoms with E-state index < -0.39 is 11.7 Å². The monoisotopic (exact) mass is 404 g/mol. The molecule has 0 radical (unpaired) electrons. The second-order valence-corrected chi connectivity index (χ2v) is 6.51. The highest BCUT2D eigenvalue weighted by atomic mass is 19.1. The summed E-state index contributed by atoms with van der Waals surface area (Å²) in [7, 11) is 0. The maximum Gasteiger partial charge on any atom is 0.259 e. The highest BCUT2D eigenvalue weighted by Crippen LogP contribution is 2.22. The number of hydrogen-bond acceptors (Lipinski definition) is 4. The van der Waals surface area contributed by atoms with Gasteiger partial charge in [0.1, 0.15) is 11.6 Å². The summed E-state index contributed by atoms with van der Waals surface area (Å²) >= 11 is 0. The molecular weight excluding hydrogens is 387 g/mol. The average Bonchev–Trinajstić information content (AvgIpc) is 3.42. The molecular formula is C22H17FN4O3. The second kappa shape index (κ2) is 8.04. The van der Waals surface area contributed by atoms with Gasteiger partial charge in [0.2, 0.25) is 0 Å². The van der Waals surface area contributed by atoms with Crippen LogP contribution < -0.4 is 10.6 Å². The predicted molar refractivity (Wildman–Crippen MR) is 109 cm³/mol. The van der Waals surface area contributed by atoms with Crippen molar-refractivity contribution in [2.75, 3.05) is 10.6 Å². The van der Waals surface area contributed by atoms with Crippen LogP contribution in [0.15, 0.2) is 77.9 Å². The molecule has 0 saturated carbocycles. The van der Waals surface area contributed by atoms with Crippen molar-refractivity contribution in [1.29, 1.82) is 0 Å². The van der Waals surface area contributed by atoms with Crippen LogP contribution >= 0.6 is 0 Å². The molecule has 0 saturated heterocycles. The summed E-state index contributed by atoms with van der Waals surface area (Å²) in [6.07, 6.45) is 6.43. The molecule has 0 atom stereocenters. The number of aryl methyl sites for hydroxylation is 1. The van der Waals surface area contributed by atoms with Crippen LogP contribution in [0.1, 0.15) is 26.5 Å². The number of nitrogens with one attached hydrogen (secondary N) is 2. The molecule has 30 heavy (non-hydrogen) atoms. The van der Waals surface area contributed by atoms with Crippen LogP contribution in [-0.4, -0.2) is 21.4 Å². The van der Waals surface area contributed by atoms with E-state index in [2.05, 4.69) is 15.6 Å². The van der Waals surface area contributed by atoms with Crippen molar-refractivity contribution in [2.45, 2.75) is 6.92 Å². The first kappa shape index (κ1) is 19.1. The van der Waals surface area contributed by atoms with Crippen molar-refractivity contribution in [2.24, 2.45) is 0 Å². The third-order valence-corrected chi connectivity index (χ3v) is 4.49. The van der Waals surface area contributed by atoms with Crippen molar-refractivity contribution in [3.05, 3.63) is 96.2 Å². The molecule has 0 aliphatic carbocycles. The highest BCUT2D eigenvalue weighted by Gasteiger charge is 2.15. The van der Waals surface area contributed by atoms with Crippen molar-refractivity contribution in [3.63, 3.8) is 0 Å². The molecule has 2 N–H and O–H groups in total. The number of amides is 2. The largest absolute Gasteiger partial charge is 0.469 e. The van der Waals surface area contributed by atoms with Gasteiger partial charge < -0.3 is 19.6 Å². The molecule has 0 aliphatic rings. The molecule has 4 aromatic rings. The van der Waals surface area contributed by atoms with Gasteiger partial charge in [0.05, 0.1) is 23.8 Å². The van der Waals surface area contributed by atoms with E-state index in [1.165, 1.54) is 30.5 Å². The minimum absolute atomic E-state index is 0.0504. The number of hydrogen-bond donors (Lipinski definition) is 2. The Bertz CT molecular complexity index is 1210. The molecule has 0 fully saturated rings. The zero-order valence-electron chi connectivity index (χ0n) is 15.9. The van der Waals surface area contributed by atoms with Gasteiger partial charge in [-0.3, -0.25) is 9.59 Å². The molecule has 7 nitrogen and oxygen atoms in total. The van der Waals surface area contributed by atoms with E-state index in [1.54, 1.807) is 48.4 Å². The molecule has 0 spiro atoms. The lowest BCUT2D eigenvalue weighted by atomic mass is 10.1. The fourth-order valence-corrected chi connectivity index (χ4v) is 2.93. The van der Waals surface area contributed by atoms with E-state index in [9.17, 15) is 14.0 Å². The predicted octanol–water partition coefficient (Wildman–Crippen LogP) is 4.42. The summed E-state index contributed by atoms with van der Waals surface area (Å²) in [4.78, 5) is 29.0. The number of benzene rings is 2. The van der Waals surface area contributed by atoms with Gasteiger partial charge in [-0.05, 0) is 49.4 Å². The molecule has 8 heteroatoms. The number of carbonyl (C=O) groups is 2. The van der Waals surface area contributed by atoms with Gasteiger partial charge in [-0.15, -0.1) is 0 Å². The third kappa shape index (κ3) is 3.97. The van der Waals surface area contributed by atoms with E-state index in [0.717, 1.165) is 5.69 Å². The average molecular weight is 404 g/mol. The maximum absolute atomic E-state index is 14.2. The number of halogens is 1. The normalized spacial score (nSPS) is 10.6. The first-order chi connectivity index (χ1) is 14.5. The van der Waals surface area contributed by atoms with Crippen LogP contribution in [0.25, 0.3) is 5.69 Å². The molecule has 0 unspecified atom stereocenters.